The Kier molecular flexibility index (Phi) is 2.25. The number of fused-ring (bicyclic) bond motifs is 2. The molecule has 0 amide bonds. The summed E-state index contributed by atoms with van der Waals surface area (Å²) in [6, 6.07) is 8.62. The molecule has 0 aliphatic heterocycles. The molecule has 0 aliphatic carbocycles. The summed E-state index contributed by atoms with van der Waals surface area (Å²) < 4.78 is 0. The van der Waals surface area contributed by atoms with Crippen LogP contribution in [0.2, 0.25) is 0 Å². The van der Waals surface area contributed by atoms with Crippen molar-refractivity contribution in [1.82, 2.24) is 4.98 Å². The first kappa shape index (κ1) is 11.2. The monoisotopic (exact) mass is 256 g/mol. The van der Waals surface area contributed by atoms with Crippen molar-refractivity contribution in [2.45, 2.75) is 0 Å². The normalized spacial score (nSPS) is 10.9. The molecule has 2 aromatic carbocycles. The van der Waals surface area contributed by atoms with Crippen LogP contribution in [0.15, 0.2) is 36.4 Å². The lowest BCUT2D eigenvalue weighted by atomic mass is 10.1. The lowest BCUT2D eigenvalue weighted by molar-refractivity contribution is -0.383. The zero-order valence-electron chi connectivity index (χ0n) is 9.57. The second kappa shape index (κ2) is 3.81. The molecule has 0 fully saturated rings. The summed E-state index contributed by atoms with van der Waals surface area (Å²) in [5.74, 6) is -0.165. The maximum Gasteiger partial charge on any atom is 0.278 e. The van der Waals surface area contributed by atoms with E-state index in [9.17, 15) is 20.3 Å². The number of hydrogen-bond donors (Lipinski definition) is 2. The van der Waals surface area contributed by atoms with Gasteiger partial charge >= 0.3 is 0 Å². The molecule has 19 heavy (non-hydrogen) atoms. The lowest BCUT2D eigenvalue weighted by Crippen LogP contribution is -1.91. The molecule has 0 aliphatic rings. The number of pyridine rings is 1. The van der Waals surface area contributed by atoms with Gasteiger partial charge in [-0.1, -0.05) is 6.07 Å². The number of nitrogens with zero attached hydrogens (tertiary/aromatic N) is 2. The number of nitro benzene ring substituents is 1. The number of rotatable bonds is 1. The summed E-state index contributed by atoms with van der Waals surface area (Å²) in [5.41, 5.74) is 0.519. The minimum absolute atomic E-state index is 0.0822. The summed E-state index contributed by atoms with van der Waals surface area (Å²) in [6.07, 6.45) is 0. The summed E-state index contributed by atoms with van der Waals surface area (Å²) >= 11 is 0. The maximum atomic E-state index is 11.0. The van der Waals surface area contributed by atoms with Gasteiger partial charge < -0.3 is 10.2 Å². The largest absolute Gasteiger partial charge is 0.507 e. The van der Waals surface area contributed by atoms with Crippen LogP contribution >= 0.6 is 0 Å². The van der Waals surface area contributed by atoms with Gasteiger partial charge in [-0.3, -0.25) is 10.1 Å². The van der Waals surface area contributed by atoms with Gasteiger partial charge in [0.1, 0.15) is 17.0 Å². The fraction of sp³-hybridized carbons (Fsp3) is 0. The molecule has 2 N–H and O–H groups in total. The van der Waals surface area contributed by atoms with Crippen LogP contribution in [0.1, 0.15) is 0 Å². The summed E-state index contributed by atoms with van der Waals surface area (Å²) in [6.45, 7) is 0. The molecular formula is C13H8N2O4. The van der Waals surface area contributed by atoms with E-state index >= 15 is 0 Å². The third-order valence-electron chi connectivity index (χ3n) is 2.95. The first-order chi connectivity index (χ1) is 9.08. The van der Waals surface area contributed by atoms with Gasteiger partial charge in [0.15, 0.2) is 0 Å². The minimum Gasteiger partial charge on any atom is -0.507 e. The Bertz CT molecular complexity index is 830. The molecule has 6 nitrogen and oxygen atoms in total. The molecule has 6 heteroatoms. The van der Waals surface area contributed by atoms with Gasteiger partial charge in [-0.2, -0.15) is 0 Å². The fourth-order valence-electron chi connectivity index (χ4n) is 2.06. The highest BCUT2D eigenvalue weighted by Crippen LogP contribution is 2.35. The first-order valence-electron chi connectivity index (χ1n) is 5.47. The number of aromatic hydroxyl groups is 2. The lowest BCUT2D eigenvalue weighted by Gasteiger charge is -2.05. The molecule has 0 spiro atoms. The predicted molar refractivity (Wildman–Crippen MR) is 69.2 cm³/mol. The van der Waals surface area contributed by atoms with Crippen LogP contribution in [0, 0.1) is 10.1 Å². The van der Waals surface area contributed by atoms with E-state index in [-0.39, 0.29) is 28.1 Å². The summed E-state index contributed by atoms with van der Waals surface area (Å²) in [4.78, 5) is 14.6. The highest BCUT2D eigenvalue weighted by atomic mass is 16.6. The van der Waals surface area contributed by atoms with Crippen LogP contribution in [-0.2, 0) is 0 Å². The van der Waals surface area contributed by atoms with Crippen molar-refractivity contribution in [1.29, 1.82) is 0 Å². The van der Waals surface area contributed by atoms with Gasteiger partial charge in [0, 0.05) is 11.5 Å². The van der Waals surface area contributed by atoms with Crippen molar-refractivity contribution in [3.8, 4) is 11.5 Å². The molecule has 0 saturated carbocycles. The number of hydrogen-bond acceptors (Lipinski definition) is 5. The standard InChI is InChI=1S/C13H8N2O4/c16-11-4-5-12(17)13-8(11)6-7-9(14-13)2-1-3-10(7)15(18)19/h1-6,16-17H. The average Bonchev–Trinajstić information content (AvgIpc) is 2.40. The Balaban J connectivity index is 2.52. The second-order valence-corrected chi connectivity index (χ2v) is 4.09. The molecule has 0 radical (unpaired) electrons. The highest BCUT2D eigenvalue weighted by Gasteiger charge is 2.15. The van der Waals surface area contributed by atoms with Crippen LogP contribution < -0.4 is 0 Å². The Labute approximate surface area is 106 Å². The number of nitro groups is 1. The number of phenolic OH excluding ortho intramolecular Hbond substituents is 2. The highest BCUT2D eigenvalue weighted by molar-refractivity contribution is 6.01. The van der Waals surface area contributed by atoms with Crippen molar-refractivity contribution in [2.75, 3.05) is 0 Å². The smallest absolute Gasteiger partial charge is 0.278 e. The van der Waals surface area contributed by atoms with E-state index in [1.54, 1.807) is 6.07 Å². The van der Waals surface area contributed by atoms with Crippen molar-refractivity contribution >= 4 is 27.5 Å². The summed E-state index contributed by atoms with van der Waals surface area (Å²) in [5, 5.41) is 31.1. The Hall–Kier alpha value is -2.89. The number of aromatic nitrogens is 1. The Morgan fingerprint density at radius 1 is 1.05 bits per heavy atom. The van der Waals surface area contributed by atoms with Crippen molar-refractivity contribution in [3.63, 3.8) is 0 Å². The minimum atomic E-state index is -0.504. The van der Waals surface area contributed by atoms with Gasteiger partial charge in [0.2, 0.25) is 0 Å². The average molecular weight is 256 g/mol. The van der Waals surface area contributed by atoms with Crippen LogP contribution in [0.5, 0.6) is 11.5 Å². The molecule has 3 aromatic rings. The molecule has 0 bridgehead atoms. The molecule has 0 saturated heterocycles. The van der Waals surface area contributed by atoms with Gasteiger partial charge in [-0.15, -0.1) is 0 Å². The third kappa shape index (κ3) is 1.61. The second-order valence-electron chi connectivity index (χ2n) is 4.09. The van der Waals surface area contributed by atoms with Crippen LogP contribution in [0.3, 0.4) is 0 Å². The number of phenols is 2. The fourth-order valence-corrected chi connectivity index (χ4v) is 2.06. The molecule has 3 rings (SSSR count). The molecule has 1 aromatic heterocycles. The molecule has 0 unspecified atom stereocenters. The molecule has 94 valence electrons. The van der Waals surface area contributed by atoms with Crippen LogP contribution in [0.4, 0.5) is 5.69 Å². The van der Waals surface area contributed by atoms with Crippen molar-refractivity contribution in [3.05, 3.63) is 46.5 Å². The molecule has 1 heterocycles. The number of non-ortho nitro benzene ring substituents is 1. The predicted octanol–water partition coefficient (Wildman–Crippen LogP) is 2.71. The van der Waals surface area contributed by atoms with E-state index in [1.807, 2.05) is 0 Å². The van der Waals surface area contributed by atoms with Crippen molar-refractivity contribution < 1.29 is 15.1 Å². The quantitative estimate of drug-likeness (QED) is 0.302. The Morgan fingerprint density at radius 2 is 1.79 bits per heavy atom. The third-order valence-corrected chi connectivity index (χ3v) is 2.95. The SMILES string of the molecule is O=[N+]([O-])c1cccc2nc3c(O)ccc(O)c3cc12. The van der Waals surface area contributed by atoms with E-state index in [4.69, 9.17) is 0 Å². The summed E-state index contributed by atoms with van der Waals surface area (Å²) in [7, 11) is 0. The van der Waals surface area contributed by atoms with E-state index < -0.39 is 4.92 Å². The van der Waals surface area contributed by atoms with E-state index in [0.717, 1.165) is 0 Å². The topological polar surface area (TPSA) is 96.5 Å². The van der Waals surface area contributed by atoms with Crippen LogP contribution in [-0.4, -0.2) is 20.1 Å². The van der Waals surface area contributed by atoms with Crippen LogP contribution in [0.25, 0.3) is 21.8 Å². The maximum absolute atomic E-state index is 11.0. The van der Waals surface area contributed by atoms with Gasteiger partial charge in [0.25, 0.3) is 5.69 Å². The van der Waals surface area contributed by atoms with E-state index in [2.05, 4.69) is 4.98 Å². The molecule has 0 atom stereocenters. The van der Waals surface area contributed by atoms with Gasteiger partial charge in [-0.05, 0) is 24.3 Å². The molecular weight excluding hydrogens is 248 g/mol. The zero-order chi connectivity index (χ0) is 13.6. The zero-order valence-corrected chi connectivity index (χ0v) is 9.57. The van der Waals surface area contributed by atoms with Gasteiger partial charge in [0.05, 0.1) is 15.8 Å². The van der Waals surface area contributed by atoms with Gasteiger partial charge in [-0.25, -0.2) is 4.98 Å². The number of benzene rings is 2. The van der Waals surface area contributed by atoms with E-state index in [1.165, 1.54) is 30.3 Å². The van der Waals surface area contributed by atoms with E-state index in [0.29, 0.717) is 10.9 Å². The first-order valence-corrected chi connectivity index (χ1v) is 5.47. The Morgan fingerprint density at radius 3 is 2.53 bits per heavy atom. The van der Waals surface area contributed by atoms with Crippen molar-refractivity contribution in [2.24, 2.45) is 0 Å².